The molecule has 0 saturated carbocycles. The van der Waals surface area contributed by atoms with Gasteiger partial charge >= 0.3 is 0 Å². The van der Waals surface area contributed by atoms with E-state index in [1.54, 1.807) is 23.6 Å². The van der Waals surface area contributed by atoms with E-state index in [4.69, 9.17) is 5.84 Å². The number of hydrazine groups is 1. The number of amides is 1. The average Bonchev–Trinajstić information content (AvgIpc) is 2.84. The van der Waals surface area contributed by atoms with Crippen LogP contribution >= 0.6 is 27.3 Å². The third kappa shape index (κ3) is 3.76. The summed E-state index contributed by atoms with van der Waals surface area (Å²) >= 11 is 5.07. The summed E-state index contributed by atoms with van der Waals surface area (Å²) in [6.07, 6.45) is 3.87. The highest BCUT2D eigenvalue weighted by Crippen LogP contribution is 2.22. The first-order valence-corrected chi connectivity index (χ1v) is 7.24. The van der Waals surface area contributed by atoms with Crippen LogP contribution in [0.5, 0.6) is 0 Å². The molecule has 0 aliphatic rings. The molecule has 2 aromatic heterocycles. The highest BCUT2D eigenvalue weighted by atomic mass is 79.9. The first-order valence-electron chi connectivity index (χ1n) is 5.63. The minimum atomic E-state index is -0.184. The van der Waals surface area contributed by atoms with Crippen molar-refractivity contribution in [1.29, 1.82) is 0 Å². The van der Waals surface area contributed by atoms with Crippen molar-refractivity contribution in [2.24, 2.45) is 5.84 Å². The SMILES string of the molecule is NNc1ccncc1C(=O)NCCc1ccc(Br)s1. The van der Waals surface area contributed by atoms with Gasteiger partial charge in [-0.1, -0.05) is 0 Å². The van der Waals surface area contributed by atoms with Crippen LogP contribution in [0.15, 0.2) is 34.4 Å². The predicted molar refractivity (Wildman–Crippen MR) is 80.1 cm³/mol. The third-order valence-electron chi connectivity index (χ3n) is 2.51. The van der Waals surface area contributed by atoms with Gasteiger partial charge in [-0.25, -0.2) is 0 Å². The lowest BCUT2D eigenvalue weighted by Gasteiger charge is -2.08. The van der Waals surface area contributed by atoms with Crippen molar-refractivity contribution >= 4 is 38.9 Å². The summed E-state index contributed by atoms with van der Waals surface area (Å²) in [5.74, 6) is 5.17. The Labute approximate surface area is 123 Å². The molecule has 0 aliphatic heterocycles. The largest absolute Gasteiger partial charge is 0.352 e. The molecule has 100 valence electrons. The fraction of sp³-hybridized carbons (Fsp3) is 0.167. The molecule has 0 aromatic carbocycles. The van der Waals surface area contributed by atoms with E-state index in [-0.39, 0.29) is 5.91 Å². The van der Waals surface area contributed by atoms with Gasteiger partial charge in [0.25, 0.3) is 5.91 Å². The van der Waals surface area contributed by atoms with Gasteiger partial charge in [0, 0.05) is 23.8 Å². The van der Waals surface area contributed by atoms with Crippen LogP contribution < -0.4 is 16.6 Å². The van der Waals surface area contributed by atoms with Gasteiger partial charge < -0.3 is 10.7 Å². The molecule has 2 aromatic rings. The minimum absolute atomic E-state index is 0.184. The summed E-state index contributed by atoms with van der Waals surface area (Å²) in [5.41, 5.74) is 3.49. The van der Waals surface area contributed by atoms with Crippen LogP contribution in [-0.4, -0.2) is 17.4 Å². The van der Waals surface area contributed by atoms with E-state index in [1.165, 1.54) is 11.1 Å². The maximum Gasteiger partial charge on any atom is 0.255 e. The molecule has 0 spiro atoms. The second-order valence-electron chi connectivity index (χ2n) is 3.78. The van der Waals surface area contributed by atoms with Crippen LogP contribution in [0, 0.1) is 0 Å². The monoisotopic (exact) mass is 340 g/mol. The van der Waals surface area contributed by atoms with Crippen molar-refractivity contribution in [2.75, 3.05) is 12.0 Å². The number of aromatic nitrogens is 1. The van der Waals surface area contributed by atoms with E-state index >= 15 is 0 Å². The number of nitrogens with zero attached hydrogens (tertiary/aromatic N) is 1. The number of rotatable bonds is 5. The van der Waals surface area contributed by atoms with Crippen LogP contribution in [0.1, 0.15) is 15.2 Å². The minimum Gasteiger partial charge on any atom is -0.352 e. The number of anilines is 1. The van der Waals surface area contributed by atoms with Gasteiger partial charge in [-0.2, -0.15) is 0 Å². The van der Waals surface area contributed by atoms with E-state index in [1.807, 2.05) is 12.1 Å². The molecule has 0 bridgehead atoms. The zero-order valence-corrected chi connectivity index (χ0v) is 12.4. The fourth-order valence-corrected chi connectivity index (χ4v) is 3.06. The Kier molecular flexibility index (Phi) is 4.89. The van der Waals surface area contributed by atoms with Gasteiger partial charge in [0.2, 0.25) is 0 Å². The van der Waals surface area contributed by atoms with Crippen molar-refractivity contribution in [3.63, 3.8) is 0 Å². The molecule has 5 nitrogen and oxygen atoms in total. The smallest absolute Gasteiger partial charge is 0.255 e. The second-order valence-corrected chi connectivity index (χ2v) is 6.32. The molecule has 1 amide bonds. The van der Waals surface area contributed by atoms with Crippen LogP contribution in [0.25, 0.3) is 0 Å². The first-order chi connectivity index (χ1) is 9.20. The van der Waals surface area contributed by atoms with Gasteiger partial charge in [-0.05, 0) is 40.5 Å². The number of halogens is 1. The molecular weight excluding hydrogens is 328 g/mol. The highest BCUT2D eigenvalue weighted by molar-refractivity contribution is 9.11. The number of carbonyl (C=O) groups excluding carboxylic acids is 1. The van der Waals surface area contributed by atoms with Crippen LogP contribution in [0.3, 0.4) is 0 Å². The number of nitrogens with one attached hydrogen (secondary N) is 2. The number of nitrogens with two attached hydrogens (primary N) is 1. The standard InChI is InChI=1S/C12H13BrN4OS/c13-11-2-1-8(19-11)3-6-16-12(18)9-7-15-5-4-10(9)17-14/h1-2,4-5,7H,3,6,14H2,(H,15,17)(H,16,18). The van der Waals surface area contributed by atoms with Crippen molar-refractivity contribution in [3.05, 3.63) is 44.8 Å². The molecule has 0 saturated heterocycles. The third-order valence-corrected chi connectivity index (χ3v) is 4.19. The number of carbonyl (C=O) groups is 1. The lowest BCUT2D eigenvalue weighted by Crippen LogP contribution is -2.27. The Morgan fingerprint density at radius 3 is 2.95 bits per heavy atom. The summed E-state index contributed by atoms with van der Waals surface area (Å²) in [4.78, 5) is 17.1. The summed E-state index contributed by atoms with van der Waals surface area (Å²) < 4.78 is 1.09. The second kappa shape index (κ2) is 6.65. The fourth-order valence-electron chi connectivity index (χ4n) is 1.58. The Balaban J connectivity index is 1.90. The normalized spacial score (nSPS) is 10.2. The molecular formula is C12H13BrN4OS. The van der Waals surface area contributed by atoms with E-state index < -0.39 is 0 Å². The molecule has 0 unspecified atom stereocenters. The predicted octanol–water partition coefficient (Wildman–Crippen LogP) is 2.16. The average molecular weight is 341 g/mol. The Morgan fingerprint density at radius 1 is 1.42 bits per heavy atom. The van der Waals surface area contributed by atoms with Crippen molar-refractivity contribution in [3.8, 4) is 0 Å². The lowest BCUT2D eigenvalue weighted by atomic mass is 10.2. The molecule has 19 heavy (non-hydrogen) atoms. The summed E-state index contributed by atoms with van der Waals surface area (Å²) in [7, 11) is 0. The summed E-state index contributed by atoms with van der Waals surface area (Å²) in [6.45, 7) is 0.574. The van der Waals surface area contributed by atoms with Crippen LogP contribution in [-0.2, 0) is 6.42 Å². The number of hydrogen-bond acceptors (Lipinski definition) is 5. The van der Waals surface area contributed by atoms with Gasteiger partial charge in [0.05, 0.1) is 15.0 Å². The molecule has 0 atom stereocenters. The van der Waals surface area contributed by atoms with Gasteiger partial charge in [-0.15, -0.1) is 11.3 Å². The topological polar surface area (TPSA) is 80.0 Å². The molecule has 0 aliphatic carbocycles. The van der Waals surface area contributed by atoms with E-state index in [2.05, 4.69) is 31.7 Å². The van der Waals surface area contributed by atoms with Crippen LogP contribution in [0.4, 0.5) is 5.69 Å². The number of pyridine rings is 1. The molecule has 0 radical (unpaired) electrons. The summed E-state index contributed by atoms with van der Waals surface area (Å²) in [5, 5.41) is 2.85. The van der Waals surface area contributed by atoms with Gasteiger partial charge in [-0.3, -0.25) is 15.6 Å². The number of nitrogen functional groups attached to an aromatic ring is 1. The van der Waals surface area contributed by atoms with E-state index in [9.17, 15) is 4.79 Å². The van der Waals surface area contributed by atoms with Crippen molar-refractivity contribution < 1.29 is 4.79 Å². The zero-order chi connectivity index (χ0) is 13.7. The van der Waals surface area contributed by atoms with Crippen molar-refractivity contribution in [1.82, 2.24) is 10.3 Å². The van der Waals surface area contributed by atoms with Crippen LogP contribution in [0.2, 0.25) is 0 Å². The molecule has 4 N–H and O–H groups in total. The van der Waals surface area contributed by atoms with Gasteiger partial charge in [0.15, 0.2) is 0 Å². The maximum absolute atomic E-state index is 12.0. The van der Waals surface area contributed by atoms with E-state index in [0.717, 1.165) is 10.2 Å². The maximum atomic E-state index is 12.0. The highest BCUT2D eigenvalue weighted by Gasteiger charge is 2.10. The Hall–Kier alpha value is -1.44. The first kappa shape index (κ1) is 14.0. The number of thiophene rings is 1. The molecule has 7 heteroatoms. The quantitative estimate of drug-likeness (QED) is 0.575. The zero-order valence-electron chi connectivity index (χ0n) is 10.0. The Morgan fingerprint density at radius 2 is 2.26 bits per heavy atom. The Bertz CT molecular complexity index is 572. The summed E-state index contributed by atoms with van der Waals surface area (Å²) in [6, 6.07) is 5.70. The molecule has 0 fully saturated rings. The van der Waals surface area contributed by atoms with E-state index in [0.29, 0.717) is 17.8 Å². The molecule has 2 rings (SSSR count). The lowest BCUT2D eigenvalue weighted by molar-refractivity contribution is 0.0954. The number of hydrogen-bond donors (Lipinski definition) is 3. The molecule has 2 heterocycles. The van der Waals surface area contributed by atoms with Crippen molar-refractivity contribution in [2.45, 2.75) is 6.42 Å². The van der Waals surface area contributed by atoms with Gasteiger partial charge in [0.1, 0.15) is 0 Å².